The molecule has 0 spiro atoms. The number of rotatable bonds is 12. The minimum absolute atomic E-state index is 0.180. The van der Waals surface area contributed by atoms with E-state index in [1.165, 1.54) is 12.7 Å². The van der Waals surface area contributed by atoms with Crippen molar-refractivity contribution in [3.63, 3.8) is 0 Å². The zero-order valence-corrected chi connectivity index (χ0v) is 21.8. The van der Waals surface area contributed by atoms with Crippen LogP contribution in [0.15, 0.2) is 54.2 Å². The Hall–Kier alpha value is -3.65. The topological polar surface area (TPSA) is 94.5 Å². The van der Waals surface area contributed by atoms with E-state index in [0.29, 0.717) is 29.9 Å². The number of methoxy groups -OCH3 is 2. The third-order valence-corrected chi connectivity index (χ3v) is 5.83. The first-order valence-electron chi connectivity index (χ1n) is 12.2. The highest BCUT2D eigenvalue weighted by atomic mass is 16.5. The number of hydrogen-bond donors (Lipinski definition) is 2. The van der Waals surface area contributed by atoms with Gasteiger partial charge in [-0.15, -0.1) is 0 Å². The fourth-order valence-electron chi connectivity index (χ4n) is 4.08. The number of anilines is 2. The number of allylic oxidation sites excluding steroid dienone is 2. The van der Waals surface area contributed by atoms with Gasteiger partial charge in [-0.25, -0.2) is 9.78 Å². The van der Waals surface area contributed by atoms with Crippen LogP contribution in [0.1, 0.15) is 49.7 Å². The highest BCUT2D eigenvalue weighted by Crippen LogP contribution is 2.33. The second kappa shape index (κ2) is 12.9. The van der Waals surface area contributed by atoms with Gasteiger partial charge in [0, 0.05) is 25.1 Å². The smallest absolute Gasteiger partial charge is 0.356 e. The number of nitrogens with one attached hydrogen (secondary N) is 2. The predicted octanol–water partition coefficient (Wildman–Crippen LogP) is 5.20. The molecule has 0 saturated heterocycles. The Morgan fingerprint density at radius 3 is 2.58 bits per heavy atom. The van der Waals surface area contributed by atoms with Crippen molar-refractivity contribution in [3.05, 3.63) is 65.5 Å². The SMILES string of the molecule is COCCn1c(C(=O)OC)c(NC(=O)Cc2ccccc2)c2cc(NC(C)CCC=C(C)C)cnc21. The Morgan fingerprint density at radius 1 is 1.17 bits per heavy atom. The summed E-state index contributed by atoms with van der Waals surface area (Å²) in [6.45, 7) is 7.06. The molecule has 1 amide bonds. The Labute approximate surface area is 212 Å². The summed E-state index contributed by atoms with van der Waals surface area (Å²) in [5.41, 5.74) is 4.20. The standard InChI is InChI=1S/C28H36N4O4/c1-19(2)10-9-11-20(3)30-22-17-23-25(31-24(33)16-21-12-7-6-8-13-21)26(28(34)36-5)32(14-15-35-4)27(23)29-18-22/h6-8,10,12-13,17-18,20,30H,9,11,14-16H2,1-5H3,(H,31,33). The Morgan fingerprint density at radius 2 is 1.92 bits per heavy atom. The molecule has 36 heavy (non-hydrogen) atoms. The van der Waals surface area contributed by atoms with Crippen LogP contribution in [0.4, 0.5) is 11.4 Å². The summed E-state index contributed by atoms with van der Waals surface area (Å²) < 4.78 is 12.1. The van der Waals surface area contributed by atoms with Gasteiger partial charge in [0.05, 0.1) is 37.7 Å². The van der Waals surface area contributed by atoms with E-state index in [4.69, 9.17) is 9.47 Å². The largest absolute Gasteiger partial charge is 0.464 e. The van der Waals surface area contributed by atoms with Gasteiger partial charge in [-0.3, -0.25) is 4.79 Å². The van der Waals surface area contributed by atoms with Crippen LogP contribution in [-0.4, -0.2) is 48.3 Å². The summed E-state index contributed by atoms with van der Waals surface area (Å²) in [4.78, 5) is 30.5. The lowest BCUT2D eigenvalue weighted by Gasteiger charge is -2.14. The zero-order valence-electron chi connectivity index (χ0n) is 21.8. The lowest BCUT2D eigenvalue weighted by atomic mass is 10.1. The average molecular weight is 493 g/mol. The quantitative estimate of drug-likeness (QED) is 0.267. The summed E-state index contributed by atoms with van der Waals surface area (Å²) in [5.74, 6) is -0.783. The maximum atomic E-state index is 13.0. The maximum Gasteiger partial charge on any atom is 0.356 e. The molecule has 0 aliphatic heterocycles. The van der Waals surface area contributed by atoms with Crippen molar-refractivity contribution in [1.29, 1.82) is 0 Å². The van der Waals surface area contributed by atoms with Crippen LogP contribution in [0.2, 0.25) is 0 Å². The summed E-state index contributed by atoms with van der Waals surface area (Å²) in [6.07, 6.45) is 6.09. The zero-order chi connectivity index (χ0) is 26.1. The van der Waals surface area contributed by atoms with E-state index in [-0.39, 0.29) is 24.1 Å². The van der Waals surface area contributed by atoms with Crippen molar-refractivity contribution in [2.45, 2.75) is 52.6 Å². The molecule has 0 fully saturated rings. The number of esters is 1. The Kier molecular flexibility index (Phi) is 9.64. The van der Waals surface area contributed by atoms with E-state index in [1.807, 2.05) is 36.4 Å². The van der Waals surface area contributed by atoms with Crippen LogP contribution >= 0.6 is 0 Å². The van der Waals surface area contributed by atoms with Gasteiger partial charge >= 0.3 is 5.97 Å². The first-order valence-corrected chi connectivity index (χ1v) is 12.2. The number of benzene rings is 1. The maximum absolute atomic E-state index is 13.0. The highest BCUT2D eigenvalue weighted by Gasteiger charge is 2.26. The molecule has 2 N–H and O–H groups in total. The molecule has 3 aromatic rings. The van der Waals surface area contributed by atoms with Crippen molar-refractivity contribution in [3.8, 4) is 0 Å². The summed E-state index contributed by atoms with van der Waals surface area (Å²) in [5, 5.41) is 7.11. The first-order chi connectivity index (χ1) is 17.3. The van der Waals surface area contributed by atoms with Crippen LogP contribution in [0.25, 0.3) is 11.0 Å². The molecule has 2 heterocycles. The molecule has 2 aromatic heterocycles. The van der Waals surface area contributed by atoms with E-state index >= 15 is 0 Å². The molecular formula is C28H36N4O4. The Bertz CT molecular complexity index is 1210. The van der Waals surface area contributed by atoms with Crippen LogP contribution in [-0.2, 0) is 27.2 Å². The highest BCUT2D eigenvalue weighted by molar-refractivity contribution is 6.11. The lowest BCUT2D eigenvalue weighted by molar-refractivity contribution is -0.115. The van der Waals surface area contributed by atoms with Gasteiger partial charge in [-0.2, -0.15) is 0 Å². The van der Waals surface area contributed by atoms with E-state index < -0.39 is 5.97 Å². The van der Waals surface area contributed by atoms with E-state index in [0.717, 1.165) is 24.1 Å². The molecule has 1 atom stereocenters. The first kappa shape index (κ1) is 26.9. The molecular weight excluding hydrogens is 456 g/mol. The number of fused-ring (bicyclic) bond motifs is 1. The van der Waals surface area contributed by atoms with Gasteiger partial charge < -0.3 is 24.7 Å². The third-order valence-electron chi connectivity index (χ3n) is 5.83. The van der Waals surface area contributed by atoms with Gasteiger partial charge in [-0.1, -0.05) is 42.0 Å². The summed E-state index contributed by atoms with van der Waals surface area (Å²) in [7, 11) is 2.92. The lowest BCUT2D eigenvalue weighted by Crippen LogP contribution is -2.19. The predicted molar refractivity (Wildman–Crippen MR) is 143 cm³/mol. The molecule has 0 bridgehead atoms. The number of pyridine rings is 1. The number of hydrogen-bond acceptors (Lipinski definition) is 6. The minimum atomic E-state index is -0.552. The van der Waals surface area contributed by atoms with E-state index in [9.17, 15) is 9.59 Å². The Balaban J connectivity index is 1.99. The molecule has 192 valence electrons. The van der Waals surface area contributed by atoms with Crippen LogP contribution in [0.5, 0.6) is 0 Å². The molecule has 0 saturated carbocycles. The average Bonchev–Trinajstić information content (AvgIpc) is 3.14. The molecule has 3 rings (SSSR count). The van der Waals surface area contributed by atoms with Crippen molar-refractivity contribution >= 4 is 34.3 Å². The van der Waals surface area contributed by atoms with Gasteiger partial charge in [0.15, 0.2) is 5.69 Å². The fourth-order valence-corrected chi connectivity index (χ4v) is 4.08. The van der Waals surface area contributed by atoms with Crippen LogP contribution in [0.3, 0.4) is 0 Å². The fraction of sp³-hybridized carbons (Fsp3) is 0.393. The van der Waals surface area contributed by atoms with Crippen molar-refractivity contribution in [2.24, 2.45) is 0 Å². The minimum Gasteiger partial charge on any atom is -0.464 e. The molecule has 0 aliphatic rings. The number of aromatic nitrogens is 2. The van der Waals surface area contributed by atoms with Crippen molar-refractivity contribution < 1.29 is 19.1 Å². The number of amides is 1. The third kappa shape index (κ3) is 6.95. The molecule has 0 aliphatic carbocycles. The summed E-state index contributed by atoms with van der Waals surface area (Å²) >= 11 is 0. The van der Waals surface area contributed by atoms with Crippen molar-refractivity contribution in [2.75, 3.05) is 31.5 Å². The second-order valence-corrected chi connectivity index (χ2v) is 9.07. The number of carbonyl (C=O) groups excluding carboxylic acids is 2. The second-order valence-electron chi connectivity index (χ2n) is 9.07. The molecule has 8 nitrogen and oxygen atoms in total. The van der Waals surface area contributed by atoms with E-state index in [2.05, 4.69) is 42.5 Å². The molecule has 0 radical (unpaired) electrons. The van der Waals surface area contributed by atoms with Gasteiger partial charge in [-0.05, 0) is 45.2 Å². The van der Waals surface area contributed by atoms with Crippen molar-refractivity contribution in [1.82, 2.24) is 9.55 Å². The number of ether oxygens (including phenoxy) is 2. The number of nitrogens with zero attached hydrogens (tertiary/aromatic N) is 2. The summed E-state index contributed by atoms with van der Waals surface area (Å²) in [6, 6.07) is 11.6. The molecule has 1 unspecified atom stereocenters. The molecule has 1 aromatic carbocycles. The van der Waals surface area contributed by atoms with Crippen LogP contribution < -0.4 is 10.6 Å². The number of carbonyl (C=O) groups is 2. The van der Waals surface area contributed by atoms with Gasteiger partial charge in [0.25, 0.3) is 0 Å². The normalized spacial score (nSPS) is 11.7. The van der Waals surface area contributed by atoms with Gasteiger partial charge in [0.2, 0.25) is 5.91 Å². The monoisotopic (exact) mass is 492 g/mol. The van der Waals surface area contributed by atoms with E-state index in [1.54, 1.807) is 17.9 Å². The molecule has 8 heteroatoms. The van der Waals surface area contributed by atoms with Crippen LogP contribution in [0, 0.1) is 0 Å². The van der Waals surface area contributed by atoms with Gasteiger partial charge in [0.1, 0.15) is 5.65 Å².